The Morgan fingerprint density at radius 3 is 2.88 bits per heavy atom. The second-order valence-corrected chi connectivity index (χ2v) is 3.54. The molecule has 0 amide bonds. The highest BCUT2D eigenvalue weighted by molar-refractivity contribution is 6.31. The van der Waals surface area contributed by atoms with E-state index in [4.69, 9.17) is 21.1 Å². The minimum absolute atomic E-state index is 0.0569. The lowest BCUT2D eigenvalue weighted by Gasteiger charge is -2.01. The Morgan fingerprint density at radius 2 is 2.24 bits per heavy atom. The molecule has 17 heavy (non-hydrogen) atoms. The lowest BCUT2D eigenvalue weighted by Crippen LogP contribution is -2.01. The number of carbonyl (C=O) groups is 1. The fourth-order valence-corrected chi connectivity index (χ4v) is 1.32. The van der Waals surface area contributed by atoms with Crippen molar-refractivity contribution in [3.05, 3.63) is 28.8 Å². The van der Waals surface area contributed by atoms with Crippen LogP contribution in [0.5, 0.6) is 5.75 Å². The number of methoxy groups -OCH3 is 1. The van der Waals surface area contributed by atoms with Gasteiger partial charge in [-0.15, -0.1) is 0 Å². The molecule has 0 aliphatic carbocycles. The molecule has 0 aliphatic heterocycles. The molecule has 0 heterocycles. The van der Waals surface area contributed by atoms with Gasteiger partial charge in [-0.05, 0) is 25.1 Å². The molecule has 0 saturated carbocycles. The lowest BCUT2D eigenvalue weighted by atomic mass is 10.2. The predicted octanol–water partition coefficient (Wildman–Crippen LogP) is 2.65. The van der Waals surface area contributed by atoms with Crippen molar-refractivity contribution in [3.63, 3.8) is 0 Å². The second kappa shape index (κ2) is 6.82. The molecule has 0 atom stereocenters. The molecule has 0 N–H and O–H groups in total. The van der Waals surface area contributed by atoms with Gasteiger partial charge in [0.1, 0.15) is 12.2 Å². The summed E-state index contributed by atoms with van der Waals surface area (Å²) in [6.07, 6.45) is 0.0569. The SMILES string of the molecule is CCOC(=O)CC#Cc1cc(OC)ccc1Cl. The van der Waals surface area contributed by atoms with Gasteiger partial charge in [0.05, 0.1) is 18.7 Å². The van der Waals surface area contributed by atoms with E-state index >= 15 is 0 Å². The summed E-state index contributed by atoms with van der Waals surface area (Å²) in [5, 5.41) is 0.530. The summed E-state index contributed by atoms with van der Waals surface area (Å²) < 4.78 is 9.81. The monoisotopic (exact) mass is 252 g/mol. The van der Waals surface area contributed by atoms with Gasteiger partial charge in [-0.25, -0.2) is 0 Å². The first-order valence-electron chi connectivity index (χ1n) is 5.15. The van der Waals surface area contributed by atoms with Gasteiger partial charge >= 0.3 is 5.97 Å². The molecular weight excluding hydrogens is 240 g/mol. The van der Waals surface area contributed by atoms with Crippen molar-refractivity contribution in [1.29, 1.82) is 0 Å². The maximum atomic E-state index is 11.1. The van der Waals surface area contributed by atoms with E-state index in [1.54, 1.807) is 32.2 Å². The lowest BCUT2D eigenvalue weighted by molar-refractivity contribution is -0.141. The minimum atomic E-state index is -0.334. The average Bonchev–Trinajstić information content (AvgIpc) is 2.32. The smallest absolute Gasteiger partial charge is 0.317 e. The molecule has 1 aromatic carbocycles. The zero-order valence-corrected chi connectivity index (χ0v) is 10.5. The molecule has 0 aromatic heterocycles. The van der Waals surface area contributed by atoms with Gasteiger partial charge in [-0.2, -0.15) is 0 Å². The number of benzene rings is 1. The first kappa shape index (κ1) is 13.4. The standard InChI is InChI=1S/C13H13ClO3/c1-3-17-13(15)6-4-5-10-9-11(16-2)7-8-12(10)14/h7-9H,3,6H2,1-2H3. The van der Waals surface area contributed by atoms with Crippen LogP contribution < -0.4 is 4.74 Å². The summed E-state index contributed by atoms with van der Waals surface area (Å²) >= 11 is 5.96. The molecule has 4 heteroatoms. The van der Waals surface area contributed by atoms with Crippen molar-refractivity contribution in [2.45, 2.75) is 13.3 Å². The minimum Gasteiger partial charge on any atom is -0.497 e. The number of carbonyl (C=O) groups excluding carboxylic acids is 1. The molecule has 1 rings (SSSR count). The third kappa shape index (κ3) is 4.38. The van der Waals surface area contributed by atoms with E-state index in [1.807, 2.05) is 0 Å². The van der Waals surface area contributed by atoms with Crippen molar-refractivity contribution in [2.24, 2.45) is 0 Å². The summed E-state index contributed by atoms with van der Waals surface area (Å²) in [7, 11) is 1.57. The predicted molar refractivity (Wildman–Crippen MR) is 66.1 cm³/mol. The maximum Gasteiger partial charge on any atom is 0.317 e. The molecule has 0 fully saturated rings. The Kier molecular flexibility index (Phi) is 5.38. The molecule has 0 unspecified atom stereocenters. The molecular formula is C13H13ClO3. The average molecular weight is 253 g/mol. The normalized spacial score (nSPS) is 9.12. The van der Waals surface area contributed by atoms with Gasteiger partial charge in [-0.3, -0.25) is 4.79 Å². The number of halogens is 1. The van der Waals surface area contributed by atoms with E-state index in [1.165, 1.54) is 0 Å². The van der Waals surface area contributed by atoms with Gasteiger partial charge in [0, 0.05) is 5.56 Å². The zero-order chi connectivity index (χ0) is 12.7. The van der Waals surface area contributed by atoms with E-state index in [0.717, 1.165) is 0 Å². The third-order valence-electron chi connectivity index (χ3n) is 1.93. The summed E-state index contributed by atoms with van der Waals surface area (Å²) in [6.45, 7) is 2.12. The van der Waals surface area contributed by atoms with Crippen LogP contribution in [0.3, 0.4) is 0 Å². The van der Waals surface area contributed by atoms with Crippen molar-refractivity contribution >= 4 is 17.6 Å². The van der Waals surface area contributed by atoms with Crippen LogP contribution in [0.1, 0.15) is 18.9 Å². The van der Waals surface area contributed by atoms with Crippen LogP contribution in [0.2, 0.25) is 5.02 Å². The molecule has 0 saturated heterocycles. The largest absolute Gasteiger partial charge is 0.497 e. The Labute approximate surface area is 106 Å². The van der Waals surface area contributed by atoms with Crippen LogP contribution in [0.25, 0.3) is 0 Å². The molecule has 1 aromatic rings. The number of hydrogen-bond donors (Lipinski definition) is 0. The topological polar surface area (TPSA) is 35.5 Å². The number of ether oxygens (including phenoxy) is 2. The molecule has 90 valence electrons. The number of esters is 1. The maximum absolute atomic E-state index is 11.1. The number of hydrogen-bond acceptors (Lipinski definition) is 3. The summed E-state index contributed by atoms with van der Waals surface area (Å²) in [4.78, 5) is 11.1. The first-order chi connectivity index (χ1) is 8.17. The van der Waals surface area contributed by atoms with E-state index in [2.05, 4.69) is 11.8 Å². The van der Waals surface area contributed by atoms with Crippen LogP contribution >= 0.6 is 11.6 Å². The van der Waals surface area contributed by atoms with Crippen LogP contribution in [0.15, 0.2) is 18.2 Å². The van der Waals surface area contributed by atoms with Crippen LogP contribution in [-0.4, -0.2) is 19.7 Å². The highest BCUT2D eigenvalue weighted by Crippen LogP contribution is 2.20. The Balaban J connectivity index is 2.74. The Morgan fingerprint density at radius 1 is 1.47 bits per heavy atom. The van der Waals surface area contributed by atoms with Crippen LogP contribution in [-0.2, 0) is 9.53 Å². The Hall–Kier alpha value is -1.66. The molecule has 0 bridgehead atoms. The fourth-order valence-electron chi connectivity index (χ4n) is 1.15. The van der Waals surface area contributed by atoms with Crippen molar-refractivity contribution in [1.82, 2.24) is 0 Å². The Bertz CT molecular complexity index is 457. The molecule has 0 aliphatic rings. The van der Waals surface area contributed by atoms with Gasteiger partial charge in [0.15, 0.2) is 0 Å². The quantitative estimate of drug-likeness (QED) is 0.613. The van der Waals surface area contributed by atoms with Crippen molar-refractivity contribution in [2.75, 3.05) is 13.7 Å². The first-order valence-corrected chi connectivity index (χ1v) is 5.53. The van der Waals surface area contributed by atoms with Gasteiger partial charge in [0.25, 0.3) is 0 Å². The van der Waals surface area contributed by atoms with E-state index in [9.17, 15) is 4.79 Å². The fraction of sp³-hybridized carbons (Fsp3) is 0.308. The summed E-state index contributed by atoms with van der Waals surface area (Å²) in [5.74, 6) is 5.87. The third-order valence-corrected chi connectivity index (χ3v) is 2.26. The molecule has 0 radical (unpaired) electrons. The van der Waals surface area contributed by atoms with E-state index in [0.29, 0.717) is 22.9 Å². The highest BCUT2D eigenvalue weighted by Gasteiger charge is 2.00. The second-order valence-electron chi connectivity index (χ2n) is 3.13. The molecule has 0 spiro atoms. The summed E-state index contributed by atoms with van der Waals surface area (Å²) in [5.41, 5.74) is 0.635. The van der Waals surface area contributed by atoms with Gasteiger partial charge < -0.3 is 9.47 Å². The van der Waals surface area contributed by atoms with Crippen molar-refractivity contribution < 1.29 is 14.3 Å². The van der Waals surface area contributed by atoms with E-state index in [-0.39, 0.29) is 12.4 Å². The van der Waals surface area contributed by atoms with Crippen molar-refractivity contribution in [3.8, 4) is 17.6 Å². The number of rotatable bonds is 3. The van der Waals surface area contributed by atoms with Crippen LogP contribution in [0, 0.1) is 11.8 Å². The van der Waals surface area contributed by atoms with E-state index < -0.39 is 0 Å². The molecule has 3 nitrogen and oxygen atoms in total. The van der Waals surface area contributed by atoms with Gasteiger partial charge in [0.2, 0.25) is 0 Å². The summed E-state index contributed by atoms with van der Waals surface area (Å²) in [6, 6.07) is 5.17. The van der Waals surface area contributed by atoms with Crippen LogP contribution in [0.4, 0.5) is 0 Å². The zero-order valence-electron chi connectivity index (χ0n) is 9.75. The highest BCUT2D eigenvalue weighted by atomic mass is 35.5. The van der Waals surface area contributed by atoms with Gasteiger partial charge in [-0.1, -0.05) is 23.4 Å².